The van der Waals surface area contributed by atoms with Crippen molar-refractivity contribution in [2.24, 2.45) is 0 Å². The van der Waals surface area contributed by atoms with Gasteiger partial charge < -0.3 is 10.1 Å². The van der Waals surface area contributed by atoms with Crippen molar-refractivity contribution in [2.45, 2.75) is 79.2 Å². The Kier molecular flexibility index (Phi) is 15.9. The Balaban J connectivity index is 4.12. The first-order valence-corrected chi connectivity index (χ1v) is 11.0. The first kappa shape index (κ1) is 26.7. The highest BCUT2D eigenvalue weighted by Crippen LogP contribution is 2.13. The first-order chi connectivity index (χ1) is 13.3. The summed E-state index contributed by atoms with van der Waals surface area (Å²) in [4.78, 5) is 11.5. The molecule has 3 nitrogen and oxygen atoms in total. The maximum atomic E-state index is 11.5. The van der Waals surface area contributed by atoms with Crippen LogP contribution in [-0.4, -0.2) is 31.4 Å². The Morgan fingerprint density at radius 3 is 1.75 bits per heavy atom. The molecule has 0 rings (SSSR count). The van der Waals surface area contributed by atoms with Gasteiger partial charge in [-0.15, -0.1) is 0 Å². The number of hydrogen-bond acceptors (Lipinski definition) is 4. The standard InChI is InChI=1S/C24H41NO2S/c1-19(2)10-7-11-20(3)12-8-13-21(4)14-9-15-22(5)16-17-25-23(18-28)24(26)27-6/h10,12,14,16,23,25,28H,7-9,11,13,15,17-18H2,1-6H3. The van der Waals surface area contributed by atoms with Crippen molar-refractivity contribution in [1.82, 2.24) is 5.32 Å². The summed E-state index contributed by atoms with van der Waals surface area (Å²) in [7, 11) is 1.40. The molecule has 160 valence electrons. The molecule has 0 saturated heterocycles. The fraction of sp³-hybridized carbons (Fsp3) is 0.625. The second kappa shape index (κ2) is 16.7. The average molecular weight is 408 g/mol. The number of thiol groups is 1. The molecule has 0 amide bonds. The van der Waals surface area contributed by atoms with Gasteiger partial charge in [0, 0.05) is 12.3 Å². The quantitative estimate of drug-likeness (QED) is 0.205. The number of nitrogens with one attached hydrogen (secondary N) is 1. The lowest BCUT2D eigenvalue weighted by atomic mass is 10.0. The molecule has 0 aromatic rings. The zero-order chi connectivity index (χ0) is 21.4. The number of rotatable bonds is 14. The van der Waals surface area contributed by atoms with Crippen LogP contribution in [0.25, 0.3) is 0 Å². The number of methoxy groups -OCH3 is 1. The molecule has 0 bridgehead atoms. The number of esters is 1. The second-order valence-corrected chi connectivity index (χ2v) is 8.08. The molecule has 4 heteroatoms. The monoisotopic (exact) mass is 407 g/mol. The molecule has 0 fully saturated rings. The normalized spacial score (nSPS) is 14.0. The molecule has 0 spiro atoms. The zero-order valence-corrected chi connectivity index (χ0v) is 19.7. The molecular weight excluding hydrogens is 366 g/mol. The maximum Gasteiger partial charge on any atom is 0.323 e. The van der Waals surface area contributed by atoms with Crippen LogP contribution in [0.4, 0.5) is 0 Å². The Morgan fingerprint density at radius 1 is 0.857 bits per heavy atom. The predicted molar refractivity (Wildman–Crippen MR) is 126 cm³/mol. The summed E-state index contributed by atoms with van der Waals surface area (Å²) >= 11 is 4.18. The molecule has 0 heterocycles. The van der Waals surface area contributed by atoms with E-state index in [1.807, 2.05) is 0 Å². The van der Waals surface area contributed by atoms with Crippen molar-refractivity contribution >= 4 is 18.6 Å². The fourth-order valence-corrected chi connectivity index (χ4v) is 3.01. The van der Waals surface area contributed by atoms with E-state index in [9.17, 15) is 4.79 Å². The van der Waals surface area contributed by atoms with Gasteiger partial charge in [0.25, 0.3) is 0 Å². The van der Waals surface area contributed by atoms with Crippen LogP contribution in [0.5, 0.6) is 0 Å². The summed E-state index contributed by atoms with van der Waals surface area (Å²) < 4.78 is 4.74. The van der Waals surface area contributed by atoms with Crippen LogP contribution >= 0.6 is 12.6 Å². The van der Waals surface area contributed by atoms with Crippen molar-refractivity contribution in [2.75, 3.05) is 19.4 Å². The summed E-state index contributed by atoms with van der Waals surface area (Å²) in [5.74, 6) is 0.172. The highest BCUT2D eigenvalue weighted by Gasteiger charge is 2.15. The van der Waals surface area contributed by atoms with Crippen LogP contribution < -0.4 is 5.32 Å². The summed E-state index contributed by atoms with van der Waals surface area (Å²) in [5.41, 5.74) is 5.68. The fourth-order valence-electron chi connectivity index (χ4n) is 2.73. The first-order valence-electron chi connectivity index (χ1n) is 10.3. The van der Waals surface area contributed by atoms with Crippen LogP contribution in [0.3, 0.4) is 0 Å². The summed E-state index contributed by atoms with van der Waals surface area (Å²) in [6.45, 7) is 11.6. The molecular formula is C24H41NO2S. The van der Waals surface area contributed by atoms with E-state index in [2.05, 4.69) is 76.9 Å². The van der Waals surface area contributed by atoms with Gasteiger partial charge in [-0.2, -0.15) is 12.6 Å². The molecule has 0 aromatic carbocycles. The lowest BCUT2D eigenvalue weighted by Gasteiger charge is -2.12. The van der Waals surface area contributed by atoms with E-state index in [1.54, 1.807) is 0 Å². The van der Waals surface area contributed by atoms with Gasteiger partial charge in [-0.1, -0.05) is 46.6 Å². The molecule has 0 aliphatic heterocycles. The van der Waals surface area contributed by atoms with E-state index in [0.717, 1.165) is 38.5 Å². The van der Waals surface area contributed by atoms with Crippen LogP contribution in [0.2, 0.25) is 0 Å². The van der Waals surface area contributed by atoms with Crippen molar-refractivity contribution in [3.63, 3.8) is 0 Å². The smallest absolute Gasteiger partial charge is 0.323 e. The summed E-state index contributed by atoms with van der Waals surface area (Å²) in [5, 5.41) is 3.16. The number of allylic oxidation sites excluding steroid dienone is 7. The number of hydrogen-bond donors (Lipinski definition) is 2. The summed E-state index contributed by atoms with van der Waals surface area (Å²) in [6.07, 6.45) is 15.8. The van der Waals surface area contributed by atoms with E-state index in [4.69, 9.17) is 4.74 Å². The van der Waals surface area contributed by atoms with Gasteiger partial charge in [0.05, 0.1) is 7.11 Å². The van der Waals surface area contributed by atoms with Gasteiger partial charge in [-0.3, -0.25) is 4.79 Å². The molecule has 0 radical (unpaired) electrons. The topological polar surface area (TPSA) is 38.3 Å². The molecule has 0 aliphatic rings. The zero-order valence-electron chi connectivity index (χ0n) is 18.8. The van der Waals surface area contributed by atoms with Gasteiger partial charge in [0.1, 0.15) is 6.04 Å². The minimum atomic E-state index is -0.349. The lowest BCUT2D eigenvalue weighted by molar-refractivity contribution is -0.142. The third kappa shape index (κ3) is 14.8. The average Bonchev–Trinajstić information content (AvgIpc) is 2.64. The maximum absolute atomic E-state index is 11.5. The molecule has 1 atom stereocenters. The lowest BCUT2D eigenvalue weighted by Crippen LogP contribution is -2.39. The van der Waals surface area contributed by atoms with Gasteiger partial charge in [-0.05, 0) is 73.1 Å². The largest absolute Gasteiger partial charge is 0.468 e. The van der Waals surface area contributed by atoms with E-state index < -0.39 is 0 Å². The Morgan fingerprint density at radius 2 is 1.32 bits per heavy atom. The van der Waals surface area contributed by atoms with Gasteiger partial charge in [-0.25, -0.2) is 0 Å². The highest BCUT2D eigenvalue weighted by molar-refractivity contribution is 7.80. The Hall–Kier alpha value is -1.26. The predicted octanol–water partition coefficient (Wildman–Crippen LogP) is 6.19. The van der Waals surface area contributed by atoms with Crippen molar-refractivity contribution in [3.8, 4) is 0 Å². The number of carbonyl (C=O) groups excluding carboxylic acids is 1. The molecule has 0 saturated carbocycles. The third-order valence-corrected chi connectivity index (χ3v) is 5.00. The van der Waals surface area contributed by atoms with E-state index in [-0.39, 0.29) is 12.0 Å². The van der Waals surface area contributed by atoms with E-state index in [0.29, 0.717) is 12.3 Å². The minimum Gasteiger partial charge on any atom is -0.468 e. The Labute approximate surface area is 178 Å². The molecule has 0 aromatic heterocycles. The SMILES string of the molecule is COC(=O)C(CS)NCC=C(C)CCC=C(C)CCC=C(C)CCC=C(C)C. The van der Waals surface area contributed by atoms with Gasteiger partial charge >= 0.3 is 5.97 Å². The molecule has 0 aliphatic carbocycles. The van der Waals surface area contributed by atoms with Crippen molar-refractivity contribution in [3.05, 3.63) is 46.6 Å². The molecule has 1 N–H and O–H groups in total. The number of ether oxygens (including phenoxy) is 1. The minimum absolute atomic E-state index is 0.263. The van der Waals surface area contributed by atoms with Gasteiger partial charge in [0.15, 0.2) is 0 Å². The second-order valence-electron chi connectivity index (χ2n) is 7.72. The van der Waals surface area contributed by atoms with Crippen LogP contribution in [-0.2, 0) is 9.53 Å². The highest BCUT2D eigenvalue weighted by atomic mass is 32.1. The van der Waals surface area contributed by atoms with Crippen molar-refractivity contribution < 1.29 is 9.53 Å². The molecule has 28 heavy (non-hydrogen) atoms. The number of carbonyl (C=O) groups is 1. The third-order valence-electron chi connectivity index (χ3n) is 4.64. The van der Waals surface area contributed by atoms with Crippen LogP contribution in [0.15, 0.2) is 46.6 Å². The Bertz CT molecular complexity index is 569. The van der Waals surface area contributed by atoms with Crippen LogP contribution in [0.1, 0.15) is 73.1 Å². The van der Waals surface area contributed by atoms with Crippen LogP contribution in [0, 0.1) is 0 Å². The molecule has 1 unspecified atom stereocenters. The van der Waals surface area contributed by atoms with E-state index >= 15 is 0 Å². The van der Waals surface area contributed by atoms with E-state index in [1.165, 1.54) is 29.4 Å². The van der Waals surface area contributed by atoms with Gasteiger partial charge in [0.2, 0.25) is 0 Å². The summed E-state index contributed by atoms with van der Waals surface area (Å²) in [6, 6.07) is -0.349. The van der Waals surface area contributed by atoms with Crippen molar-refractivity contribution in [1.29, 1.82) is 0 Å².